The van der Waals surface area contributed by atoms with Gasteiger partial charge in [-0.3, -0.25) is 4.79 Å². The van der Waals surface area contributed by atoms with Gasteiger partial charge in [0.2, 0.25) is 5.91 Å². The Morgan fingerprint density at radius 1 is 1.47 bits per heavy atom. The number of carboxylic acids is 1. The number of hydrogen-bond acceptors (Lipinski definition) is 4. The molecule has 6 heteroatoms. The van der Waals surface area contributed by atoms with Crippen LogP contribution in [0, 0.1) is 0 Å². The number of nitrogens with one attached hydrogen (secondary N) is 1. The van der Waals surface area contributed by atoms with Crippen LogP contribution in [0.25, 0.3) is 0 Å². The highest BCUT2D eigenvalue weighted by Gasteiger charge is 2.18. The smallest absolute Gasteiger partial charge is 0.326 e. The van der Waals surface area contributed by atoms with Gasteiger partial charge in [0.1, 0.15) is 11.8 Å². The van der Waals surface area contributed by atoms with Crippen LogP contribution in [0.4, 0.5) is 0 Å². The van der Waals surface area contributed by atoms with Crippen molar-refractivity contribution in [3.63, 3.8) is 0 Å². The first-order chi connectivity index (χ1) is 8.13. The predicted octanol–water partition coefficient (Wildman–Crippen LogP) is 0.164. The van der Waals surface area contributed by atoms with E-state index < -0.39 is 12.0 Å². The first-order valence-electron chi connectivity index (χ1n) is 5.29. The molecule has 0 saturated carbocycles. The Morgan fingerprint density at radius 2 is 2.24 bits per heavy atom. The number of aryl methyl sites for hydroxylation is 1. The lowest BCUT2D eigenvalue weighted by Gasteiger charge is -2.12. The van der Waals surface area contributed by atoms with Crippen LogP contribution in [0.3, 0.4) is 0 Å². The monoisotopic (exact) mass is 241 g/mol. The van der Waals surface area contributed by atoms with E-state index in [1.54, 1.807) is 12.1 Å². The van der Waals surface area contributed by atoms with Crippen LogP contribution in [-0.4, -0.2) is 34.7 Å². The van der Waals surface area contributed by atoms with Crippen LogP contribution in [-0.2, 0) is 16.0 Å². The minimum atomic E-state index is -1.15. The van der Waals surface area contributed by atoms with E-state index in [2.05, 4.69) is 5.32 Å². The summed E-state index contributed by atoms with van der Waals surface area (Å²) in [5.74, 6) is -0.846. The molecule has 3 N–H and O–H groups in total. The van der Waals surface area contributed by atoms with Gasteiger partial charge in [0.25, 0.3) is 0 Å². The molecular formula is C11H15NO5. The van der Waals surface area contributed by atoms with Crippen molar-refractivity contribution in [3.8, 4) is 0 Å². The highest BCUT2D eigenvalue weighted by Crippen LogP contribution is 2.03. The lowest BCUT2D eigenvalue weighted by atomic mass is 10.2. The summed E-state index contributed by atoms with van der Waals surface area (Å²) in [6.07, 6.45) is 2.09. The number of carbonyl (C=O) groups is 2. The molecule has 0 aliphatic heterocycles. The van der Waals surface area contributed by atoms with E-state index >= 15 is 0 Å². The zero-order valence-electron chi connectivity index (χ0n) is 9.26. The molecule has 0 fully saturated rings. The number of carbonyl (C=O) groups excluding carboxylic acids is 1. The molecule has 0 bridgehead atoms. The lowest BCUT2D eigenvalue weighted by molar-refractivity contribution is -0.142. The zero-order chi connectivity index (χ0) is 12.7. The van der Waals surface area contributed by atoms with Crippen molar-refractivity contribution >= 4 is 11.9 Å². The van der Waals surface area contributed by atoms with E-state index in [1.165, 1.54) is 6.26 Å². The van der Waals surface area contributed by atoms with Crippen molar-refractivity contribution in [1.82, 2.24) is 5.32 Å². The first-order valence-corrected chi connectivity index (χ1v) is 5.29. The van der Waals surface area contributed by atoms with Crippen LogP contribution >= 0.6 is 0 Å². The molecule has 0 unspecified atom stereocenters. The fourth-order valence-corrected chi connectivity index (χ4v) is 1.34. The third kappa shape index (κ3) is 4.69. The average molecular weight is 241 g/mol. The van der Waals surface area contributed by atoms with Crippen molar-refractivity contribution < 1.29 is 24.2 Å². The highest BCUT2D eigenvalue weighted by atomic mass is 16.4. The molecule has 1 amide bonds. The van der Waals surface area contributed by atoms with Crippen LogP contribution in [0.1, 0.15) is 18.6 Å². The van der Waals surface area contributed by atoms with E-state index in [1.807, 2.05) is 0 Å². The van der Waals surface area contributed by atoms with E-state index in [-0.39, 0.29) is 25.4 Å². The second-order valence-corrected chi connectivity index (χ2v) is 3.55. The average Bonchev–Trinajstić information content (AvgIpc) is 2.78. The summed E-state index contributed by atoms with van der Waals surface area (Å²) < 4.78 is 5.05. The summed E-state index contributed by atoms with van der Waals surface area (Å²) in [7, 11) is 0. The predicted molar refractivity (Wildman–Crippen MR) is 58.3 cm³/mol. The number of aliphatic hydroxyl groups excluding tert-OH is 1. The standard InChI is InChI=1S/C11H15NO5/c13-6-5-9(11(15)16)12-10(14)4-3-8-2-1-7-17-8/h1-2,7,9,13H,3-6H2,(H,12,14)(H,15,16)/t9-/m1/s1. The Hall–Kier alpha value is -1.82. The number of amides is 1. The molecule has 0 radical (unpaired) electrons. The molecule has 17 heavy (non-hydrogen) atoms. The Balaban J connectivity index is 2.34. The summed E-state index contributed by atoms with van der Waals surface area (Å²) in [4.78, 5) is 22.1. The Morgan fingerprint density at radius 3 is 2.76 bits per heavy atom. The minimum absolute atomic E-state index is 0.00181. The topological polar surface area (TPSA) is 99.8 Å². The quantitative estimate of drug-likeness (QED) is 0.631. The van der Waals surface area contributed by atoms with E-state index in [4.69, 9.17) is 14.6 Å². The summed E-state index contributed by atoms with van der Waals surface area (Å²) in [6.45, 7) is -0.282. The van der Waals surface area contributed by atoms with Crippen molar-refractivity contribution in [2.24, 2.45) is 0 Å². The molecule has 1 rings (SSSR count). The first kappa shape index (κ1) is 13.2. The zero-order valence-corrected chi connectivity index (χ0v) is 9.26. The Kier molecular flexibility index (Phi) is 5.22. The molecule has 94 valence electrons. The molecule has 0 aliphatic carbocycles. The maximum atomic E-state index is 11.4. The molecule has 1 atom stereocenters. The van der Waals surface area contributed by atoms with Crippen LogP contribution < -0.4 is 5.32 Å². The van der Waals surface area contributed by atoms with Gasteiger partial charge in [-0.15, -0.1) is 0 Å². The van der Waals surface area contributed by atoms with Gasteiger partial charge in [0.05, 0.1) is 6.26 Å². The van der Waals surface area contributed by atoms with Crippen LogP contribution in [0.5, 0.6) is 0 Å². The Labute approximate surface area is 98.2 Å². The third-order valence-electron chi connectivity index (χ3n) is 2.23. The second-order valence-electron chi connectivity index (χ2n) is 3.55. The van der Waals surface area contributed by atoms with Crippen molar-refractivity contribution in [2.75, 3.05) is 6.61 Å². The number of rotatable bonds is 7. The Bertz CT molecular complexity index is 360. The molecule has 0 aromatic carbocycles. The van der Waals surface area contributed by atoms with Gasteiger partial charge in [0, 0.05) is 25.9 Å². The van der Waals surface area contributed by atoms with Crippen LogP contribution in [0.15, 0.2) is 22.8 Å². The van der Waals surface area contributed by atoms with E-state index in [0.29, 0.717) is 12.2 Å². The third-order valence-corrected chi connectivity index (χ3v) is 2.23. The SMILES string of the molecule is O=C(CCc1ccco1)N[C@H](CCO)C(=O)O. The van der Waals surface area contributed by atoms with Crippen molar-refractivity contribution in [1.29, 1.82) is 0 Å². The summed E-state index contributed by atoms with van der Waals surface area (Å²) in [5, 5.41) is 19.7. The van der Waals surface area contributed by atoms with Gasteiger partial charge in [-0.05, 0) is 12.1 Å². The van der Waals surface area contributed by atoms with Gasteiger partial charge < -0.3 is 19.9 Å². The number of aliphatic hydroxyl groups is 1. The minimum Gasteiger partial charge on any atom is -0.480 e. The van der Waals surface area contributed by atoms with Gasteiger partial charge in [-0.25, -0.2) is 4.79 Å². The molecule has 1 aromatic heterocycles. The maximum Gasteiger partial charge on any atom is 0.326 e. The molecule has 1 aromatic rings. The number of carboxylic acid groups (broad SMARTS) is 1. The summed E-state index contributed by atoms with van der Waals surface area (Å²) in [6, 6.07) is 2.43. The number of aliphatic carboxylic acids is 1. The lowest BCUT2D eigenvalue weighted by Crippen LogP contribution is -2.41. The number of furan rings is 1. The van der Waals surface area contributed by atoms with Gasteiger partial charge in [-0.2, -0.15) is 0 Å². The van der Waals surface area contributed by atoms with Crippen LogP contribution in [0.2, 0.25) is 0 Å². The molecule has 0 spiro atoms. The van der Waals surface area contributed by atoms with Crippen molar-refractivity contribution in [2.45, 2.75) is 25.3 Å². The van der Waals surface area contributed by atoms with E-state index in [0.717, 1.165) is 0 Å². The molecule has 6 nitrogen and oxygen atoms in total. The fraction of sp³-hybridized carbons (Fsp3) is 0.455. The normalized spacial score (nSPS) is 12.1. The molecule has 1 heterocycles. The van der Waals surface area contributed by atoms with E-state index in [9.17, 15) is 9.59 Å². The molecular weight excluding hydrogens is 226 g/mol. The number of hydrogen-bond donors (Lipinski definition) is 3. The van der Waals surface area contributed by atoms with Gasteiger partial charge in [-0.1, -0.05) is 0 Å². The maximum absolute atomic E-state index is 11.4. The van der Waals surface area contributed by atoms with Gasteiger partial charge >= 0.3 is 5.97 Å². The van der Waals surface area contributed by atoms with Gasteiger partial charge in [0.15, 0.2) is 0 Å². The van der Waals surface area contributed by atoms with Crippen molar-refractivity contribution in [3.05, 3.63) is 24.2 Å². The highest BCUT2D eigenvalue weighted by molar-refractivity contribution is 5.83. The summed E-state index contributed by atoms with van der Waals surface area (Å²) >= 11 is 0. The second kappa shape index (κ2) is 6.70. The summed E-state index contributed by atoms with van der Waals surface area (Å²) in [5.41, 5.74) is 0. The molecule has 0 saturated heterocycles. The largest absolute Gasteiger partial charge is 0.480 e. The molecule has 0 aliphatic rings. The fourth-order valence-electron chi connectivity index (χ4n) is 1.34.